The number of benzene rings is 2. The second-order valence-corrected chi connectivity index (χ2v) is 5.79. The topological polar surface area (TPSA) is 17.1 Å². The van der Waals surface area contributed by atoms with Crippen LogP contribution in [0.15, 0.2) is 47.8 Å². The summed E-state index contributed by atoms with van der Waals surface area (Å²) in [6.45, 7) is 1.91. The van der Waals surface area contributed by atoms with E-state index in [1.54, 1.807) is 23.5 Å². The third kappa shape index (κ3) is 2.18. The van der Waals surface area contributed by atoms with E-state index in [1.165, 1.54) is 0 Å². The molecule has 3 aromatic rings. The maximum absolute atomic E-state index is 12.7. The first-order chi connectivity index (χ1) is 9.16. The summed E-state index contributed by atoms with van der Waals surface area (Å²) in [6.07, 6.45) is 0. The van der Waals surface area contributed by atoms with Crippen molar-refractivity contribution in [2.75, 3.05) is 0 Å². The van der Waals surface area contributed by atoms with Crippen LogP contribution in [0.2, 0.25) is 5.02 Å². The van der Waals surface area contributed by atoms with Crippen LogP contribution >= 0.6 is 22.9 Å². The van der Waals surface area contributed by atoms with Gasteiger partial charge < -0.3 is 0 Å². The predicted molar refractivity (Wildman–Crippen MR) is 81.4 cm³/mol. The highest BCUT2D eigenvalue weighted by Gasteiger charge is 2.15. The second kappa shape index (κ2) is 4.80. The van der Waals surface area contributed by atoms with Crippen LogP contribution in [0.5, 0.6) is 0 Å². The lowest BCUT2D eigenvalue weighted by Gasteiger charge is -2.06. The highest BCUT2D eigenvalue weighted by molar-refractivity contribution is 7.17. The van der Waals surface area contributed by atoms with Gasteiger partial charge in [0.25, 0.3) is 0 Å². The average molecular weight is 287 g/mol. The normalized spacial score (nSPS) is 10.8. The molecule has 0 aliphatic heterocycles. The van der Waals surface area contributed by atoms with E-state index in [1.807, 2.05) is 42.6 Å². The molecule has 0 radical (unpaired) electrons. The molecule has 0 spiro atoms. The largest absolute Gasteiger partial charge is 0.289 e. The fraction of sp³-hybridized carbons (Fsp3) is 0.0625. The van der Waals surface area contributed by atoms with Gasteiger partial charge in [0.15, 0.2) is 5.78 Å². The fourth-order valence-corrected chi connectivity index (χ4v) is 3.34. The van der Waals surface area contributed by atoms with Crippen molar-refractivity contribution in [2.45, 2.75) is 6.92 Å². The molecule has 1 heterocycles. The number of halogens is 1. The molecule has 0 aliphatic rings. The molecular formula is C16H11ClOS. The molecule has 0 N–H and O–H groups in total. The number of thiophene rings is 1. The highest BCUT2D eigenvalue weighted by Crippen LogP contribution is 2.27. The number of hydrogen-bond donors (Lipinski definition) is 0. The van der Waals surface area contributed by atoms with Crippen LogP contribution in [0.25, 0.3) is 10.1 Å². The SMILES string of the molecule is Cc1cc(Cl)ccc1C(=O)c1cccc2ccsc12. The predicted octanol–water partition coefficient (Wildman–Crippen LogP) is 5.09. The lowest BCUT2D eigenvalue weighted by Crippen LogP contribution is -2.03. The first-order valence-corrected chi connectivity index (χ1v) is 7.19. The fourth-order valence-electron chi connectivity index (χ4n) is 2.20. The smallest absolute Gasteiger partial charge is 0.194 e. The summed E-state index contributed by atoms with van der Waals surface area (Å²) in [5.74, 6) is 0.0576. The molecule has 1 aromatic heterocycles. The summed E-state index contributed by atoms with van der Waals surface area (Å²) >= 11 is 7.54. The van der Waals surface area contributed by atoms with E-state index in [9.17, 15) is 4.79 Å². The van der Waals surface area contributed by atoms with Gasteiger partial charge in [-0.25, -0.2) is 0 Å². The van der Waals surface area contributed by atoms with Gasteiger partial charge in [0.05, 0.1) is 0 Å². The van der Waals surface area contributed by atoms with E-state index in [4.69, 9.17) is 11.6 Å². The van der Waals surface area contributed by atoms with Gasteiger partial charge in [-0.2, -0.15) is 0 Å². The maximum atomic E-state index is 12.7. The van der Waals surface area contributed by atoms with Crippen molar-refractivity contribution in [2.24, 2.45) is 0 Å². The van der Waals surface area contributed by atoms with E-state index in [2.05, 4.69) is 0 Å². The Morgan fingerprint density at radius 2 is 1.95 bits per heavy atom. The molecule has 0 aliphatic carbocycles. The molecule has 0 fully saturated rings. The van der Waals surface area contributed by atoms with Crippen LogP contribution in [0.4, 0.5) is 0 Å². The van der Waals surface area contributed by atoms with Gasteiger partial charge in [0.1, 0.15) is 0 Å². The van der Waals surface area contributed by atoms with Gasteiger partial charge in [-0.1, -0.05) is 23.7 Å². The molecule has 19 heavy (non-hydrogen) atoms. The minimum atomic E-state index is 0.0576. The molecular weight excluding hydrogens is 276 g/mol. The van der Waals surface area contributed by atoms with Gasteiger partial charge in [0, 0.05) is 20.8 Å². The number of carbonyl (C=O) groups is 1. The van der Waals surface area contributed by atoms with Crippen LogP contribution in [-0.4, -0.2) is 5.78 Å². The molecule has 0 atom stereocenters. The van der Waals surface area contributed by atoms with Gasteiger partial charge >= 0.3 is 0 Å². The summed E-state index contributed by atoms with van der Waals surface area (Å²) in [5.41, 5.74) is 2.38. The Morgan fingerprint density at radius 1 is 1.11 bits per heavy atom. The van der Waals surface area contributed by atoms with Gasteiger partial charge in [-0.15, -0.1) is 11.3 Å². The molecule has 1 nitrogen and oxygen atoms in total. The standard InChI is InChI=1S/C16H11ClOS/c1-10-9-12(17)5-6-13(10)15(18)14-4-2-3-11-7-8-19-16(11)14/h2-9H,1H3. The summed E-state index contributed by atoms with van der Waals surface area (Å²) in [6, 6.07) is 13.2. The third-order valence-corrected chi connectivity index (χ3v) is 4.36. The van der Waals surface area contributed by atoms with Crippen molar-refractivity contribution >= 4 is 38.8 Å². The number of aryl methyl sites for hydroxylation is 1. The number of rotatable bonds is 2. The van der Waals surface area contributed by atoms with E-state index < -0.39 is 0 Å². The quantitative estimate of drug-likeness (QED) is 0.599. The van der Waals surface area contributed by atoms with E-state index in [0.717, 1.165) is 21.2 Å². The van der Waals surface area contributed by atoms with Crippen molar-refractivity contribution in [3.63, 3.8) is 0 Å². The van der Waals surface area contributed by atoms with Crippen molar-refractivity contribution in [3.05, 3.63) is 69.6 Å². The van der Waals surface area contributed by atoms with Gasteiger partial charge in [-0.3, -0.25) is 4.79 Å². The molecule has 3 heteroatoms. The zero-order valence-corrected chi connectivity index (χ0v) is 11.9. The zero-order valence-electron chi connectivity index (χ0n) is 10.3. The third-order valence-electron chi connectivity index (χ3n) is 3.16. The minimum absolute atomic E-state index is 0.0576. The van der Waals surface area contributed by atoms with Crippen LogP contribution in [-0.2, 0) is 0 Å². The summed E-state index contributed by atoms with van der Waals surface area (Å²) in [7, 11) is 0. The van der Waals surface area contributed by atoms with E-state index >= 15 is 0 Å². The van der Waals surface area contributed by atoms with Crippen LogP contribution < -0.4 is 0 Å². The lowest BCUT2D eigenvalue weighted by atomic mass is 9.98. The number of hydrogen-bond acceptors (Lipinski definition) is 2. The van der Waals surface area contributed by atoms with Crippen LogP contribution in [0, 0.1) is 6.92 Å². The molecule has 0 amide bonds. The Bertz CT molecular complexity index is 773. The van der Waals surface area contributed by atoms with Crippen molar-refractivity contribution in [3.8, 4) is 0 Å². The Hall–Kier alpha value is -1.64. The highest BCUT2D eigenvalue weighted by atomic mass is 35.5. The van der Waals surface area contributed by atoms with Gasteiger partial charge in [-0.05, 0) is 53.6 Å². The minimum Gasteiger partial charge on any atom is -0.289 e. The molecule has 2 aromatic carbocycles. The molecule has 0 saturated heterocycles. The van der Waals surface area contributed by atoms with Crippen molar-refractivity contribution < 1.29 is 4.79 Å². The van der Waals surface area contributed by atoms with Crippen molar-refractivity contribution in [1.29, 1.82) is 0 Å². The molecule has 0 bridgehead atoms. The maximum Gasteiger partial charge on any atom is 0.194 e. The molecule has 0 unspecified atom stereocenters. The second-order valence-electron chi connectivity index (χ2n) is 4.43. The van der Waals surface area contributed by atoms with Crippen LogP contribution in [0.1, 0.15) is 21.5 Å². The summed E-state index contributed by atoms with van der Waals surface area (Å²) in [5, 5.41) is 3.78. The Labute approximate surface area is 120 Å². The summed E-state index contributed by atoms with van der Waals surface area (Å²) in [4.78, 5) is 12.7. The Balaban J connectivity index is 2.16. The first kappa shape index (κ1) is 12.4. The number of fused-ring (bicyclic) bond motifs is 1. The van der Waals surface area contributed by atoms with Crippen LogP contribution in [0.3, 0.4) is 0 Å². The van der Waals surface area contributed by atoms with E-state index in [-0.39, 0.29) is 5.78 Å². The average Bonchev–Trinajstić information content (AvgIpc) is 2.86. The Morgan fingerprint density at radius 3 is 2.74 bits per heavy atom. The first-order valence-electron chi connectivity index (χ1n) is 5.94. The zero-order chi connectivity index (χ0) is 13.4. The summed E-state index contributed by atoms with van der Waals surface area (Å²) < 4.78 is 1.04. The lowest BCUT2D eigenvalue weighted by molar-refractivity contribution is 0.104. The Kier molecular flexibility index (Phi) is 3.13. The van der Waals surface area contributed by atoms with Gasteiger partial charge in [0.2, 0.25) is 0 Å². The number of carbonyl (C=O) groups excluding carboxylic acids is 1. The molecule has 0 saturated carbocycles. The number of ketones is 1. The monoisotopic (exact) mass is 286 g/mol. The molecule has 3 rings (SSSR count). The van der Waals surface area contributed by atoms with E-state index in [0.29, 0.717) is 10.6 Å². The van der Waals surface area contributed by atoms with Crippen molar-refractivity contribution in [1.82, 2.24) is 0 Å². The molecule has 94 valence electrons.